The van der Waals surface area contributed by atoms with Gasteiger partial charge >= 0.3 is 0 Å². The standard InChI is InChI=1S/C11H20N2OS/c1-5-11(6-2,14-4)10-13-9(7-15-10)8(3)12/h7-8H,5-6,12H2,1-4H3. The molecule has 1 aromatic heterocycles. The first kappa shape index (κ1) is 12.6. The van der Waals surface area contributed by atoms with E-state index in [4.69, 9.17) is 10.5 Å². The first-order valence-corrected chi connectivity index (χ1v) is 6.24. The zero-order chi connectivity index (χ0) is 11.5. The fourth-order valence-electron chi connectivity index (χ4n) is 1.63. The topological polar surface area (TPSA) is 48.1 Å². The third kappa shape index (κ3) is 2.38. The normalized spacial score (nSPS) is 14.2. The molecule has 0 saturated carbocycles. The predicted octanol–water partition coefficient (Wildman–Crippen LogP) is 2.82. The van der Waals surface area contributed by atoms with Crippen LogP contribution >= 0.6 is 11.3 Å². The Morgan fingerprint density at radius 1 is 1.53 bits per heavy atom. The largest absolute Gasteiger partial charge is 0.371 e. The van der Waals surface area contributed by atoms with Crippen LogP contribution < -0.4 is 5.73 Å². The lowest BCUT2D eigenvalue weighted by Gasteiger charge is -2.27. The van der Waals surface area contributed by atoms with Gasteiger partial charge in [0.2, 0.25) is 0 Å². The van der Waals surface area contributed by atoms with E-state index in [2.05, 4.69) is 18.8 Å². The van der Waals surface area contributed by atoms with Crippen LogP contribution in [0.15, 0.2) is 5.38 Å². The minimum Gasteiger partial charge on any atom is -0.371 e. The molecular formula is C11H20N2OS. The second-order valence-electron chi connectivity index (χ2n) is 3.77. The lowest BCUT2D eigenvalue weighted by Crippen LogP contribution is -2.26. The smallest absolute Gasteiger partial charge is 0.125 e. The van der Waals surface area contributed by atoms with E-state index in [1.807, 2.05) is 12.3 Å². The van der Waals surface area contributed by atoms with Gasteiger partial charge in [-0.1, -0.05) is 13.8 Å². The maximum Gasteiger partial charge on any atom is 0.125 e. The van der Waals surface area contributed by atoms with Gasteiger partial charge in [-0.15, -0.1) is 11.3 Å². The molecule has 0 saturated heterocycles. The summed E-state index contributed by atoms with van der Waals surface area (Å²) in [5.74, 6) is 0. The number of hydrogen-bond acceptors (Lipinski definition) is 4. The van der Waals surface area contributed by atoms with Crippen molar-refractivity contribution in [3.63, 3.8) is 0 Å². The van der Waals surface area contributed by atoms with Crippen LogP contribution in [0.2, 0.25) is 0 Å². The summed E-state index contributed by atoms with van der Waals surface area (Å²) in [7, 11) is 1.75. The van der Waals surface area contributed by atoms with Crippen molar-refractivity contribution in [2.75, 3.05) is 7.11 Å². The van der Waals surface area contributed by atoms with Crippen molar-refractivity contribution in [1.82, 2.24) is 4.98 Å². The van der Waals surface area contributed by atoms with Crippen molar-refractivity contribution in [2.24, 2.45) is 5.73 Å². The number of ether oxygens (including phenoxy) is 1. The Balaban J connectivity index is 3.01. The summed E-state index contributed by atoms with van der Waals surface area (Å²) in [6, 6.07) is -0.00160. The number of nitrogens with two attached hydrogens (primary N) is 1. The lowest BCUT2D eigenvalue weighted by molar-refractivity contribution is -0.0220. The van der Waals surface area contributed by atoms with E-state index in [-0.39, 0.29) is 11.6 Å². The van der Waals surface area contributed by atoms with E-state index in [0.29, 0.717) is 0 Å². The fourth-order valence-corrected chi connectivity index (χ4v) is 2.88. The summed E-state index contributed by atoms with van der Waals surface area (Å²) >= 11 is 1.64. The van der Waals surface area contributed by atoms with Gasteiger partial charge in [0, 0.05) is 18.5 Å². The number of methoxy groups -OCH3 is 1. The average molecular weight is 228 g/mol. The summed E-state index contributed by atoms with van der Waals surface area (Å²) in [6.45, 7) is 6.20. The molecule has 0 radical (unpaired) electrons. The number of thiazole rings is 1. The van der Waals surface area contributed by atoms with Crippen LogP contribution in [0.1, 0.15) is 50.4 Å². The zero-order valence-corrected chi connectivity index (χ0v) is 10.7. The van der Waals surface area contributed by atoms with Gasteiger partial charge in [0.05, 0.1) is 5.69 Å². The second kappa shape index (κ2) is 5.05. The Morgan fingerprint density at radius 2 is 2.13 bits per heavy atom. The van der Waals surface area contributed by atoms with Gasteiger partial charge in [-0.05, 0) is 19.8 Å². The number of hydrogen-bond donors (Lipinski definition) is 1. The molecule has 1 rings (SSSR count). The highest BCUT2D eigenvalue weighted by Crippen LogP contribution is 2.35. The van der Waals surface area contributed by atoms with Gasteiger partial charge in [-0.3, -0.25) is 0 Å². The van der Waals surface area contributed by atoms with Crippen molar-refractivity contribution >= 4 is 11.3 Å². The molecule has 0 spiro atoms. The van der Waals surface area contributed by atoms with Crippen molar-refractivity contribution < 1.29 is 4.74 Å². The molecule has 15 heavy (non-hydrogen) atoms. The van der Waals surface area contributed by atoms with E-state index < -0.39 is 0 Å². The molecule has 2 N–H and O–H groups in total. The summed E-state index contributed by atoms with van der Waals surface area (Å²) in [6.07, 6.45) is 1.87. The van der Waals surface area contributed by atoms with Crippen molar-refractivity contribution in [3.8, 4) is 0 Å². The monoisotopic (exact) mass is 228 g/mol. The molecule has 0 amide bonds. The van der Waals surface area contributed by atoms with Crippen molar-refractivity contribution in [2.45, 2.75) is 45.3 Å². The molecule has 86 valence electrons. The average Bonchev–Trinajstić information content (AvgIpc) is 2.71. The molecule has 4 heteroatoms. The van der Waals surface area contributed by atoms with E-state index in [9.17, 15) is 0 Å². The first-order chi connectivity index (χ1) is 7.09. The van der Waals surface area contributed by atoms with Gasteiger partial charge < -0.3 is 10.5 Å². The fraction of sp³-hybridized carbons (Fsp3) is 0.727. The predicted molar refractivity (Wildman–Crippen MR) is 64.0 cm³/mol. The van der Waals surface area contributed by atoms with Gasteiger partial charge in [-0.2, -0.15) is 0 Å². The SMILES string of the molecule is CCC(CC)(OC)c1nc(C(C)N)cs1. The van der Waals surface area contributed by atoms with Gasteiger partial charge in [-0.25, -0.2) is 4.98 Å². The number of nitrogens with zero attached hydrogens (tertiary/aromatic N) is 1. The Bertz CT molecular complexity index is 297. The molecule has 1 unspecified atom stereocenters. The van der Waals surface area contributed by atoms with E-state index in [1.54, 1.807) is 18.4 Å². The van der Waals surface area contributed by atoms with Crippen LogP contribution in [0.5, 0.6) is 0 Å². The molecule has 0 aliphatic heterocycles. The van der Waals surface area contributed by atoms with Crippen molar-refractivity contribution in [1.29, 1.82) is 0 Å². The summed E-state index contributed by atoms with van der Waals surface area (Å²) < 4.78 is 5.62. The number of rotatable bonds is 5. The highest BCUT2D eigenvalue weighted by atomic mass is 32.1. The Labute approximate surface area is 95.7 Å². The van der Waals surface area contributed by atoms with Gasteiger partial charge in [0.25, 0.3) is 0 Å². The molecule has 1 aromatic rings. The molecule has 1 heterocycles. The van der Waals surface area contributed by atoms with Crippen LogP contribution in [-0.4, -0.2) is 12.1 Å². The molecular weight excluding hydrogens is 208 g/mol. The molecule has 0 fully saturated rings. The highest BCUT2D eigenvalue weighted by Gasteiger charge is 2.31. The van der Waals surface area contributed by atoms with Crippen molar-refractivity contribution in [3.05, 3.63) is 16.1 Å². The maximum absolute atomic E-state index is 5.80. The third-order valence-corrected chi connectivity index (χ3v) is 3.96. The van der Waals surface area contributed by atoms with E-state index in [0.717, 1.165) is 23.5 Å². The minimum atomic E-state index is -0.224. The first-order valence-electron chi connectivity index (χ1n) is 5.36. The lowest BCUT2D eigenvalue weighted by atomic mass is 9.98. The third-order valence-electron chi connectivity index (χ3n) is 2.91. The van der Waals surface area contributed by atoms with Crippen LogP contribution in [0.4, 0.5) is 0 Å². The second-order valence-corrected chi connectivity index (χ2v) is 4.63. The van der Waals surface area contributed by atoms with Gasteiger partial charge in [0.1, 0.15) is 10.6 Å². The van der Waals surface area contributed by atoms with E-state index >= 15 is 0 Å². The highest BCUT2D eigenvalue weighted by molar-refractivity contribution is 7.09. The van der Waals surface area contributed by atoms with Crippen LogP contribution in [0, 0.1) is 0 Å². The molecule has 0 aromatic carbocycles. The zero-order valence-electron chi connectivity index (χ0n) is 9.91. The maximum atomic E-state index is 5.80. The molecule has 0 aliphatic carbocycles. The Hall–Kier alpha value is -0.450. The van der Waals surface area contributed by atoms with Crippen LogP contribution in [-0.2, 0) is 10.3 Å². The molecule has 3 nitrogen and oxygen atoms in total. The van der Waals surface area contributed by atoms with E-state index in [1.165, 1.54) is 0 Å². The summed E-state index contributed by atoms with van der Waals surface area (Å²) in [4.78, 5) is 4.56. The number of aromatic nitrogens is 1. The Morgan fingerprint density at radius 3 is 2.47 bits per heavy atom. The molecule has 1 atom stereocenters. The summed E-state index contributed by atoms with van der Waals surface area (Å²) in [5.41, 5.74) is 6.53. The van der Waals surface area contributed by atoms with Gasteiger partial charge in [0.15, 0.2) is 0 Å². The van der Waals surface area contributed by atoms with Crippen LogP contribution in [0.3, 0.4) is 0 Å². The minimum absolute atomic E-state index is 0.00160. The molecule has 0 aliphatic rings. The quantitative estimate of drug-likeness (QED) is 0.843. The molecule has 0 bridgehead atoms. The Kier molecular flexibility index (Phi) is 4.25. The summed E-state index contributed by atoms with van der Waals surface area (Å²) in [5, 5.41) is 3.07. The van der Waals surface area contributed by atoms with Crippen LogP contribution in [0.25, 0.3) is 0 Å².